The van der Waals surface area contributed by atoms with Crippen LogP contribution in [0.4, 0.5) is 25.0 Å². The van der Waals surface area contributed by atoms with Gasteiger partial charge >= 0.3 is 6.03 Å². The molecule has 0 radical (unpaired) electrons. The number of hydrogen-bond donors (Lipinski definition) is 4. The zero-order chi connectivity index (χ0) is 44.4. The van der Waals surface area contributed by atoms with E-state index in [1.54, 1.807) is 17.7 Å². The highest BCUT2D eigenvalue weighted by Gasteiger charge is 2.62. The zero-order valence-electron chi connectivity index (χ0n) is 35.4. The fourth-order valence-corrected chi connectivity index (χ4v) is 9.59. The number of likely N-dealkylation sites (tertiary alicyclic amines) is 2. The lowest BCUT2D eigenvalue weighted by Gasteiger charge is -2.57. The van der Waals surface area contributed by atoms with Crippen LogP contribution in [0.25, 0.3) is 17.0 Å². The number of aryl methyl sites for hydroxylation is 2. The lowest BCUT2D eigenvalue weighted by molar-refractivity contribution is -0.220. The highest BCUT2D eigenvalue weighted by atomic mass is 35.5. The molecule has 1 aliphatic carbocycles. The van der Waals surface area contributed by atoms with Crippen molar-refractivity contribution in [3.8, 4) is 11.3 Å². The number of pyridine rings is 1. The number of carbonyl (C=O) groups is 4. The molecule has 5 aliphatic heterocycles. The van der Waals surface area contributed by atoms with Gasteiger partial charge in [0.2, 0.25) is 5.91 Å². The van der Waals surface area contributed by atoms with Crippen LogP contribution in [0.3, 0.4) is 0 Å². The molecule has 1 unspecified atom stereocenters. The van der Waals surface area contributed by atoms with Crippen LogP contribution in [0.2, 0.25) is 5.02 Å². The number of nitrogens with one attached hydrogen (secondary N) is 3. The van der Waals surface area contributed by atoms with E-state index in [-0.39, 0.29) is 67.2 Å². The second-order valence-electron chi connectivity index (χ2n) is 17.4. The van der Waals surface area contributed by atoms with E-state index < -0.39 is 41.6 Å². The first-order valence-corrected chi connectivity index (χ1v) is 21.7. The highest BCUT2D eigenvalue weighted by molar-refractivity contribution is 6.35. The Bertz CT molecular complexity index is 2570. The SMILES string of the molecule is C1CC1.CNC1=CC(N2CCc3c(-c4ncc(CN5CC6(CCN(C(=O)c7cc(C)c(Cl)c(N8CCC(=O)NC8=O)c7)CC6(F)F)C5)cc4C)cccc32)Nn2c(C(N)=O)cnc21. The molecular weight excluding hydrogens is 832 g/mol. The predicted octanol–water partition coefficient (Wildman–Crippen LogP) is 5.42. The number of piperidine rings is 1. The lowest BCUT2D eigenvalue weighted by atomic mass is 9.69. The smallest absolute Gasteiger partial charge is 0.328 e. The quantitative estimate of drug-likeness (QED) is 0.179. The number of fused-ring (bicyclic) bond motifs is 2. The Morgan fingerprint density at radius 3 is 2.43 bits per heavy atom. The van der Waals surface area contributed by atoms with Gasteiger partial charge in [0.1, 0.15) is 11.9 Å². The number of anilines is 2. The summed E-state index contributed by atoms with van der Waals surface area (Å²) in [6, 6.07) is 10.6. The number of primary amides is 1. The van der Waals surface area contributed by atoms with E-state index in [1.165, 1.54) is 41.3 Å². The van der Waals surface area contributed by atoms with Crippen LogP contribution in [-0.2, 0) is 17.8 Å². The molecule has 18 heteroatoms. The van der Waals surface area contributed by atoms with E-state index in [2.05, 4.69) is 44.1 Å². The Labute approximate surface area is 368 Å². The molecule has 2 aromatic carbocycles. The normalized spacial score (nSPS) is 20.7. The van der Waals surface area contributed by atoms with Crippen LogP contribution >= 0.6 is 11.6 Å². The topological polar surface area (TPSA) is 174 Å². The third-order valence-electron chi connectivity index (χ3n) is 12.9. The Morgan fingerprint density at radius 2 is 1.75 bits per heavy atom. The molecule has 7 heterocycles. The zero-order valence-corrected chi connectivity index (χ0v) is 36.2. The summed E-state index contributed by atoms with van der Waals surface area (Å²) in [5.74, 6) is -4.11. The van der Waals surface area contributed by atoms with E-state index in [0.717, 1.165) is 52.3 Å². The molecule has 3 saturated heterocycles. The first kappa shape index (κ1) is 42.2. The van der Waals surface area contributed by atoms with Crippen LogP contribution in [0.5, 0.6) is 0 Å². The number of urea groups is 1. The van der Waals surface area contributed by atoms with Gasteiger partial charge in [-0.1, -0.05) is 49.1 Å². The van der Waals surface area contributed by atoms with Gasteiger partial charge in [-0.25, -0.2) is 23.2 Å². The number of halogens is 3. The third kappa shape index (κ3) is 7.74. The van der Waals surface area contributed by atoms with Crippen LogP contribution < -0.4 is 31.6 Å². The van der Waals surface area contributed by atoms with E-state index in [1.807, 2.05) is 37.2 Å². The number of carbonyl (C=O) groups excluding carboxylic acids is 4. The first-order valence-electron chi connectivity index (χ1n) is 21.4. The minimum Gasteiger partial charge on any atom is -0.385 e. The fourth-order valence-electron chi connectivity index (χ4n) is 9.38. The number of alkyl halides is 2. The van der Waals surface area contributed by atoms with Crippen LogP contribution in [-0.4, -0.2) is 107 Å². The predicted molar refractivity (Wildman–Crippen MR) is 235 cm³/mol. The maximum Gasteiger partial charge on any atom is 0.328 e. The van der Waals surface area contributed by atoms with Crippen molar-refractivity contribution in [3.05, 3.63) is 99.2 Å². The van der Waals surface area contributed by atoms with E-state index >= 15 is 8.78 Å². The number of hydrogen-bond acceptors (Lipinski definition) is 10. The van der Waals surface area contributed by atoms with Gasteiger partial charge in [0, 0.05) is 75.7 Å². The monoisotopic (exact) mass is 881 g/mol. The van der Waals surface area contributed by atoms with Crippen molar-refractivity contribution in [1.82, 2.24) is 35.1 Å². The second kappa shape index (κ2) is 16.2. The minimum absolute atomic E-state index is 0.0705. The van der Waals surface area contributed by atoms with Crippen LogP contribution in [0.15, 0.2) is 54.9 Å². The summed E-state index contributed by atoms with van der Waals surface area (Å²) in [5.41, 5.74) is 15.7. The van der Waals surface area contributed by atoms with E-state index in [9.17, 15) is 19.2 Å². The van der Waals surface area contributed by atoms with Gasteiger partial charge in [-0.3, -0.25) is 39.9 Å². The maximum atomic E-state index is 16.1. The Morgan fingerprint density at radius 1 is 0.968 bits per heavy atom. The summed E-state index contributed by atoms with van der Waals surface area (Å²) >= 11 is 6.51. The highest BCUT2D eigenvalue weighted by Crippen LogP contribution is 2.51. The Kier molecular flexibility index (Phi) is 10.9. The van der Waals surface area contributed by atoms with Crippen molar-refractivity contribution < 1.29 is 28.0 Å². The second-order valence-corrected chi connectivity index (χ2v) is 17.8. The summed E-state index contributed by atoms with van der Waals surface area (Å²) in [7, 11) is 1.81. The van der Waals surface area contributed by atoms with E-state index in [4.69, 9.17) is 22.3 Å². The molecule has 5 amide bonds. The van der Waals surface area contributed by atoms with Gasteiger partial charge in [-0.05, 0) is 73.2 Å². The number of nitrogens with zero attached hydrogens (tertiary/aromatic N) is 7. The molecule has 1 saturated carbocycles. The lowest BCUT2D eigenvalue weighted by Crippen LogP contribution is -2.70. The standard InChI is InChI=1S/C42H44ClF2N11O4.C3H6/c1-23-14-26(15-31(35(23)43)55-11-8-34(57)50-40(55)60)39(59)53-12-9-41(42(44,45)22-53)20-52(21-41)19-25-13-24(2)36(48-17-25)28-5-4-6-30-27(28)7-10-54(30)33-16-29(47-3)38-49-18-32(37(46)58)56(38)51-33;1-2-3-1/h4-6,13-18,33,47,51H,7-12,19-22H2,1-3H3,(H2,46,58)(H,50,57,60);1-3H2. The Hall–Kier alpha value is -6.07. The number of benzene rings is 2. The van der Waals surface area contributed by atoms with Crippen molar-refractivity contribution in [3.63, 3.8) is 0 Å². The fraction of sp³-hybridized carbons (Fsp3) is 0.422. The molecular formula is C45H50ClF2N11O4. The number of aromatic nitrogens is 3. The summed E-state index contributed by atoms with van der Waals surface area (Å²) in [6.07, 6.45) is 10.5. The van der Waals surface area contributed by atoms with Crippen molar-refractivity contribution in [2.75, 3.05) is 61.5 Å². The number of imidazole rings is 1. The number of imide groups is 1. The molecule has 2 aromatic heterocycles. The molecule has 10 rings (SSSR count). The number of rotatable bonds is 8. The van der Waals surface area contributed by atoms with Crippen molar-refractivity contribution >= 4 is 52.4 Å². The molecule has 5 N–H and O–H groups in total. The van der Waals surface area contributed by atoms with Crippen LogP contribution in [0, 0.1) is 19.3 Å². The van der Waals surface area contributed by atoms with Gasteiger partial charge in [0.25, 0.3) is 17.7 Å². The Balaban J connectivity index is 0.00000161. The molecule has 1 atom stereocenters. The van der Waals surface area contributed by atoms with Crippen molar-refractivity contribution in [2.24, 2.45) is 11.1 Å². The minimum atomic E-state index is -3.13. The maximum absolute atomic E-state index is 16.1. The number of amides is 5. The molecule has 15 nitrogen and oxygen atoms in total. The first-order chi connectivity index (χ1) is 30.2. The third-order valence-corrected chi connectivity index (χ3v) is 13.3. The average Bonchev–Trinajstić information content (AvgIpc) is 3.96. The number of nitrogens with two attached hydrogens (primary N) is 1. The van der Waals surface area contributed by atoms with Gasteiger partial charge in [-0.2, -0.15) is 0 Å². The van der Waals surface area contributed by atoms with Crippen LogP contribution in [0.1, 0.15) is 81.0 Å². The van der Waals surface area contributed by atoms with Gasteiger partial charge in [-0.15, -0.1) is 0 Å². The van der Waals surface area contributed by atoms with Crippen molar-refractivity contribution in [1.29, 1.82) is 0 Å². The molecule has 6 aliphatic rings. The molecule has 0 bridgehead atoms. The van der Waals surface area contributed by atoms with E-state index in [0.29, 0.717) is 17.9 Å². The van der Waals surface area contributed by atoms with Gasteiger partial charge < -0.3 is 20.9 Å². The largest absolute Gasteiger partial charge is 0.385 e. The summed E-state index contributed by atoms with van der Waals surface area (Å²) in [6.45, 7) is 4.80. The molecule has 4 fully saturated rings. The molecule has 4 aromatic rings. The molecule has 1 spiro atoms. The molecule has 330 valence electrons. The van der Waals surface area contributed by atoms with Gasteiger partial charge in [0.15, 0.2) is 5.82 Å². The van der Waals surface area contributed by atoms with Gasteiger partial charge in [0.05, 0.1) is 40.3 Å². The summed E-state index contributed by atoms with van der Waals surface area (Å²) in [4.78, 5) is 66.0. The summed E-state index contributed by atoms with van der Waals surface area (Å²) in [5, 5.41) is 5.67. The average molecular weight is 882 g/mol. The summed E-state index contributed by atoms with van der Waals surface area (Å²) < 4.78 is 33.7. The molecule has 63 heavy (non-hydrogen) atoms. The van der Waals surface area contributed by atoms with Crippen molar-refractivity contribution in [2.45, 2.75) is 71.0 Å².